The van der Waals surface area contributed by atoms with Gasteiger partial charge in [-0.05, 0) is 51.2 Å². The Morgan fingerprint density at radius 1 is 0.722 bits per heavy atom. The lowest BCUT2D eigenvalue weighted by molar-refractivity contribution is -0.143. The van der Waals surface area contributed by atoms with Crippen LogP contribution >= 0.6 is 0 Å². The van der Waals surface area contributed by atoms with Crippen LogP contribution in [0.5, 0.6) is 0 Å². The number of fused-ring (bicyclic) bond motifs is 1. The number of para-hydroxylation sites is 1. The lowest BCUT2D eigenvalue weighted by Crippen LogP contribution is -2.59. The smallest absolute Gasteiger partial charge is 0.326 e. The second-order valence-electron chi connectivity index (χ2n) is 12.6. The molecule has 0 saturated heterocycles. The summed E-state index contributed by atoms with van der Waals surface area (Å²) in [6, 6.07) is -0.905. The number of carbonyl (C=O) groups is 8. The average molecular weight is 760 g/mol. The van der Waals surface area contributed by atoms with Crippen LogP contribution in [0.25, 0.3) is 10.9 Å². The highest BCUT2D eigenvalue weighted by Gasteiger charge is 2.33. The van der Waals surface area contributed by atoms with Gasteiger partial charge in [0.15, 0.2) is 5.96 Å². The van der Waals surface area contributed by atoms with E-state index in [0.29, 0.717) is 16.5 Å². The number of aromatic amines is 1. The normalized spacial score (nSPS) is 14.2. The Kier molecular flexibility index (Phi) is 17.3. The lowest BCUT2D eigenvalue weighted by atomic mass is 10.0. The molecular formula is C33H49N11O10. The van der Waals surface area contributed by atoms with Gasteiger partial charge in [-0.25, -0.2) is 4.79 Å². The molecule has 0 aliphatic carbocycles. The van der Waals surface area contributed by atoms with Gasteiger partial charge in [0.05, 0.1) is 6.04 Å². The number of nitrogens with one attached hydrogen (secondary N) is 6. The average Bonchev–Trinajstić information content (AvgIpc) is 3.50. The molecule has 1 aromatic carbocycles. The Balaban J connectivity index is 2.45. The zero-order valence-corrected chi connectivity index (χ0v) is 29.9. The zero-order chi connectivity index (χ0) is 40.5. The summed E-state index contributed by atoms with van der Waals surface area (Å²) in [7, 11) is 0. The van der Waals surface area contributed by atoms with E-state index in [4.69, 9.17) is 22.9 Å². The molecule has 0 saturated carbocycles. The van der Waals surface area contributed by atoms with Crippen molar-refractivity contribution in [1.29, 1.82) is 0 Å². The van der Waals surface area contributed by atoms with Gasteiger partial charge in [0, 0.05) is 42.9 Å². The monoisotopic (exact) mass is 759 g/mol. The number of carboxylic acid groups (broad SMARTS) is 2. The van der Waals surface area contributed by atoms with E-state index >= 15 is 0 Å². The van der Waals surface area contributed by atoms with Crippen LogP contribution in [0.3, 0.4) is 0 Å². The number of benzene rings is 1. The number of amides is 6. The van der Waals surface area contributed by atoms with E-state index in [2.05, 4.69) is 36.6 Å². The number of hydrogen-bond acceptors (Lipinski definition) is 10. The third-order valence-corrected chi connectivity index (χ3v) is 8.05. The second kappa shape index (κ2) is 21.3. The van der Waals surface area contributed by atoms with Crippen LogP contribution in [-0.2, 0) is 44.8 Å². The SMILES string of the molecule is C[C@H](N)C(=O)N[C@@H](C)C(=O)N[C@@H](CCCN=C(N)N)C(=O)N[C@@H](Cc1c[nH]c2ccccc12)C(=O)N[C@@H](CCC(=O)O)C(=O)N[C@@H](CCC(N)=O)C(=O)O. The van der Waals surface area contributed by atoms with Crippen LogP contribution in [0.4, 0.5) is 0 Å². The van der Waals surface area contributed by atoms with E-state index < -0.39 is 96.5 Å². The van der Waals surface area contributed by atoms with Crippen molar-refractivity contribution in [3.63, 3.8) is 0 Å². The Labute approximate surface area is 309 Å². The highest BCUT2D eigenvalue weighted by atomic mass is 16.4. The van der Waals surface area contributed by atoms with Gasteiger partial charge in [0.2, 0.25) is 35.4 Å². The topological polar surface area (TPSA) is 369 Å². The number of H-pyrrole nitrogens is 1. The molecule has 54 heavy (non-hydrogen) atoms. The third-order valence-electron chi connectivity index (χ3n) is 8.05. The van der Waals surface area contributed by atoms with Crippen LogP contribution in [0.2, 0.25) is 0 Å². The summed E-state index contributed by atoms with van der Waals surface area (Å²) in [5.41, 5.74) is 22.8. The number of aliphatic imine (C=N–C) groups is 1. The molecule has 16 N–H and O–H groups in total. The molecule has 0 bridgehead atoms. The number of rotatable bonds is 23. The molecule has 0 unspecified atom stereocenters. The van der Waals surface area contributed by atoms with Crippen molar-refractivity contribution >= 4 is 64.2 Å². The minimum Gasteiger partial charge on any atom is -0.481 e. The van der Waals surface area contributed by atoms with Gasteiger partial charge in [-0.2, -0.15) is 0 Å². The fourth-order valence-electron chi connectivity index (χ4n) is 5.11. The summed E-state index contributed by atoms with van der Waals surface area (Å²) in [6.07, 6.45) is -0.249. The fraction of sp³-hybridized carbons (Fsp3) is 0.485. The van der Waals surface area contributed by atoms with Gasteiger partial charge in [-0.1, -0.05) is 18.2 Å². The first-order valence-electron chi connectivity index (χ1n) is 17.0. The molecule has 6 atom stereocenters. The quantitative estimate of drug-likeness (QED) is 0.0302. The first-order valence-corrected chi connectivity index (χ1v) is 17.0. The number of nitrogens with zero attached hydrogens (tertiary/aromatic N) is 1. The Hall–Kier alpha value is -6.25. The van der Waals surface area contributed by atoms with E-state index in [1.807, 2.05) is 0 Å². The molecule has 296 valence electrons. The molecular weight excluding hydrogens is 710 g/mol. The van der Waals surface area contributed by atoms with Crippen LogP contribution < -0.4 is 49.5 Å². The molecule has 2 aromatic rings. The summed E-state index contributed by atoms with van der Waals surface area (Å²) in [4.78, 5) is 108. The van der Waals surface area contributed by atoms with Gasteiger partial charge < -0.3 is 64.7 Å². The predicted octanol–water partition coefficient (Wildman–Crippen LogP) is -3.23. The number of carbonyl (C=O) groups excluding carboxylic acids is 6. The summed E-state index contributed by atoms with van der Waals surface area (Å²) in [6.45, 7) is 2.88. The van der Waals surface area contributed by atoms with Crippen molar-refractivity contribution in [3.8, 4) is 0 Å². The molecule has 2 rings (SSSR count). The predicted molar refractivity (Wildman–Crippen MR) is 194 cm³/mol. The molecule has 0 fully saturated rings. The van der Waals surface area contributed by atoms with Gasteiger partial charge in [-0.15, -0.1) is 0 Å². The number of guanidine groups is 1. The number of aliphatic carboxylic acids is 2. The summed E-state index contributed by atoms with van der Waals surface area (Å²) in [5, 5.41) is 31.8. The number of primary amides is 1. The standard InChI is InChI=1S/C33H49N11O10/c1-16(34)27(48)40-17(2)28(49)41-21(8-5-13-38-33(36)37)29(50)44-24(14-18-15-39-20-7-4-3-6-19(18)20)31(52)42-22(10-12-26(46)47)30(51)43-23(32(53)54)9-11-25(35)45/h3-4,6-7,15-17,21-24,39H,5,8-14,34H2,1-2H3,(H2,35,45)(H,40,48)(H,41,49)(H,42,52)(H,43,51)(H,44,50)(H,46,47)(H,53,54)(H4,36,37,38)/t16-,17-,21-,22-,23-,24-/m0/s1. The minimum absolute atomic E-state index is 0.0325. The van der Waals surface area contributed by atoms with Crippen LogP contribution in [0.1, 0.15) is 57.9 Å². The van der Waals surface area contributed by atoms with E-state index in [-0.39, 0.29) is 44.6 Å². The lowest BCUT2D eigenvalue weighted by Gasteiger charge is -2.26. The minimum atomic E-state index is -1.60. The molecule has 1 aromatic heterocycles. The van der Waals surface area contributed by atoms with Crippen LogP contribution in [0, 0.1) is 0 Å². The summed E-state index contributed by atoms with van der Waals surface area (Å²) < 4.78 is 0. The zero-order valence-electron chi connectivity index (χ0n) is 29.9. The summed E-state index contributed by atoms with van der Waals surface area (Å²) in [5.74, 6) is -8.08. The molecule has 0 radical (unpaired) electrons. The number of nitrogens with two attached hydrogens (primary N) is 4. The van der Waals surface area contributed by atoms with Crippen molar-refractivity contribution in [3.05, 3.63) is 36.0 Å². The van der Waals surface area contributed by atoms with Crippen molar-refractivity contribution < 1.29 is 48.6 Å². The molecule has 21 heteroatoms. The van der Waals surface area contributed by atoms with Gasteiger partial charge in [0.25, 0.3) is 0 Å². The first-order chi connectivity index (χ1) is 25.4. The highest BCUT2D eigenvalue weighted by molar-refractivity contribution is 5.97. The maximum absolute atomic E-state index is 14.0. The number of aromatic nitrogens is 1. The summed E-state index contributed by atoms with van der Waals surface area (Å²) >= 11 is 0. The maximum Gasteiger partial charge on any atom is 0.326 e. The third kappa shape index (κ3) is 14.8. The first kappa shape index (κ1) is 43.9. The number of carboxylic acids is 2. The molecule has 21 nitrogen and oxygen atoms in total. The maximum atomic E-state index is 14.0. The Morgan fingerprint density at radius 3 is 1.87 bits per heavy atom. The van der Waals surface area contributed by atoms with Crippen LogP contribution in [-0.4, -0.2) is 111 Å². The molecule has 1 heterocycles. The van der Waals surface area contributed by atoms with E-state index in [1.54, 1.807) is 30.5 Å². The van der Waals surface area contributed by atoms with Crippen molar-refractivity contribution in [2.45, 2.75) is 95.0 Å². The van der Waals surface area contributed by atoms with E-state index in [1.165, 1.54) is 13.8 Å². The van der Waals surface area contributed by atoms with Crippen molar-refractivity contribution in [2.75, 3.05) is 6.54 Å². The number of hydrogen-bond donors (Lipinski definition) is 12. The molecule has 0 spiro atoms. The molecule has 0 aliphatic heterocycles. The van der Waals surface area contributed by atoms with Crippen molar-refractivity contribution in [2.24, 2.45) is 27.9 Å². The van der Waals surface area contributed by atoms with Crippen LogP contribution in [0.15, 0.2) is 35.5 Å². The molecule has 6 amide bonds. The largest absolute Gasteiger partial charge is 0.481 e. The van der Waals surface area contributed by atoms with Gasteiger partial charge >= 0.3 is 11.9 Å². The highest BCUT2D eigenvalue weighted by Crippen LogP contribution is 2.19. The van der Waals surface area contributed by atoms with E-state index in [0.717, 1.165) is 0 Å². The van der Waals surface area contributed by atoms with Crippen molar-refractivity contribution in [1.82, 2.24) is 31.6 Å². The van der Waals surface area contributed by atoms with Gasteiger partial charge in [0.1, 0.15) is 30.2 Å². The van der Waals surface area contributed by atoms with Gasteiger partial charge in [-0.3, -0.25) is 38.6 Å². The fourth-order valence-corrected chi connectivity index (χ4v) is 5.11. The Bertz CT molecular complexity index is 1710. The second-order valence-corrected chi connectivity index (χ2v) is 12.6. The Morgan fingerprint density at radius 2 is 1.28 bits per heavy atom. The van der Waals surface area contributed by atoms with E-state index in [9.17, 15) is 48.6 Å². The molecule has 0 aliphatic rings.